The van der Waals surface area contributed by atoms with Crippen molar-refractivity contribution < 1.29 is 4.79 Å². The van der Waals surface area contributed by atoms with Crippen LogP contribution in [0.15, 0.2) is 11.3 Å². The molecule has 0 aliphatic rings. The second kappa shape index (κ2) is 3.61. The summed E-state index contributed by atoms with van der Waals surface area (Å²) >= 11 is 0. The van der Waals surface area contributed by atoms with E-state index < -0.39 is 5.91 Å². The van der Waals surface area contributed by atoms with Gasteiger partial charge in [-0.05, 0) is 6.42 Å². The third-order valence-electron chi connectivity index (χ3n) is 1.78. The van der Waals surface area contributed by atoms with E-state index in [1.54, 1.807) is 0 Å². The average Bonchev–Trinajstić information content (AvgIpc) is 1.86. The molecule has 0 bridgehead atoms. The average molecular weight is 170 g/mol. The van der Waals surface area contributed by atoms with Crippen molar-refractivity contribution in [3.05, 3.63) is 11.3 Å². The first-order valence-corrected chi connectivity index (χ1v) is 4.09. The second-order valence-electron chi connectivity index (χ2n) is 3.86. The van der Waals surface area contributed by atoms with Crippen molar-refractivity contribution in [2.24, 2.45) is 16.9 Å². The maximum Gasteiger partial charge on any atom is 0.246 e. The lowest BCUT2D eigenvalue weighted by Gasteiger charge is -2.21. The first-order valence-electron chi connectivity index (χ1n) is 4.09. The molecule has 0 aromatic heterocycles. The zero-order valence-electron chi connectivity index (χ0n) is 8.27. The van der Waals surface area contributed by atoms with Gasteiger partial charge in [-0.15, -0.1) is 0 Å². The molecule has 0 radical (unpaired) electrons. The van der Waals surface area contributed by atoms with Gasteiger partial charge in [0.25, 0.3) is 0 Å². The molecule has 4 N–H and O–H groups in total. The van der Waals surface area contributed by atoms with Crippen molar-refractivity contribution >= 4 is 5.91 Å². The minimum Gasteiger partial charge on any atom is -0.401 e. The summed E-state index contributed by atoms with van der Waals surface area (Å²) < 4.78 is 0. The molecule has 70 valence electrons. The van der Waals surface area contributed by atoms with Gasteiger partial charge in [0.2, 0.25) is 5.91 Å². The van der Waals surface area contributed by atoms with Crippen LogP contribution in [0.3, 0.4) is 0 Å². The Morgan fingerprint density at radius 2 is 1.67 bits per heavy atom. The van der Waals surface area contributed by atoms with Crippen LogP contribution in [-0.4, -0.2) is 5.91 Å². The number of amides is 1. The Balaban J connectivity index is 4.99. The number of carbonyl (C=O) groups excluding carboxylic acids is 1. The summed E-state index contributed by atoms with van der Waals surface area (Å²) in [4.78, 5) is 10.9. The van der Waals surface area contributed by atoms with Gasteiger partial charge in [-0.1, -0.05) is 27.7 Å². The standard InChI is InChI=1S/C9H18N2O/c1-5-6(8(11)12)7(10)9(2,3)4/h5,10H2,1-4H3,(H2,11,12). The first kappa shape index (κ1) is 11.0. The summed E-state index contributed by atoms with van der Waals surface area (Å²) in [7, 11) is 0. The number of allylic oxidation sites excluding steroid dienone is 1. The highest BCUT2D eigenvalue weighted by atomic mass is 16.1. The number of carbonyl (C=O) groups is 1. The number of nitrogens with two attached hydrogens (primary N) is 2. The largest absolute Gasteiger partial charge is 0.401 e. The van der Waals surface area contributed by atoms with Gasteiger partial charge in [0.15, 0.2) is 0 Å². The minimum absolute atomic E-state index is 0.180. The predicted octanol–water partition coefficient (Wildman–Crippen LogP) is 1.14. The molecule has 0 fully saturated rings. The van der Waals surface area contributed by atoms with E-state index in [0.717, 1.165) is 0 Å². The lowest BCUT2D eigenvalue weighted by Crippen LogP contribution is -2.25. The van der Waals surface area contributed by atoms with Crippen LogP contribution >= 0.6 is 0 Å². The second-order valence-corrected chi connectivity index (χ2v) is 3.86. The molecule has 0 heterocycles. The van der Waals surface area contributed by atoms with Gasteiger partial charge >= 0.3 is 0 Å². The van der Waals surface area contributed by atoms with Gasteiger partial charge in [0.1, 0.15) is 0 Å². The first-order chi connectivity index (χ1) is 5.30. The molecule has 0 aromatic rings. The summed E-state index contributed by atoms with van der Waals surface area (Å²) in [5.74, 6) is -0.412. The van der Waals surface area contributed by atoms with Gasteiger partial charge < -0.3 is 11.5 Å². The Bertz CT molecular complexity index is 211. The van der Waals surface area contributed by atoms with Crippen molar-refractivity contribution in [2.45, 2.75) is 34.1 Å². The molecule has 12 heavy (non-hydrogen) atoms. The highest BCUT2D eigenvalue weighted by Gasteiger charge is 2.19. The molecule has 3 heteroatoms. The van der Waals surface area contributed by atoms with Crippen LogP contribution in [0.5, 0.6) is 0 Å². The van der Waals surface area contributed by atoms with Crippen LogP contribution in [0.2, 0.25) is 0 Å². The molecule has 0 unspecified atom stereocenters. The monoisotopic (exact) mass is 170 g/mol. The Hall–Kier alpha value is -0.990. The topological polar surface area (TPSA) is 69.1 Å². The molecular formula is C9H18N2O. The summed E-state index contributed by atoms with van der Waals surface area (Å²) in [6.07, 6.45) is 0.596. The van der Waals surface area contributed by atoms with E-state index in [0.29, 0.717) is 17.7 Å². The van der Waals surface area contributed by atoms with Crippen LogP contribution in [-0.2, 0) is 4.79 Å². The summed E-state index contributed by atoms with van der Waals surface area (Å²) in [6.45, 7) is 7.75. The van der Waals surface area contributed by atoms with E-state index in [9.17, 15) is 4.79 Å². The van der Waals surface area contributed by atoms with Crippen LogP contribution in [0.1, 0.15) is 34.1 Å². The smallest absolute Gasteiger partial charge is 0.246 e. The fourth-order valence-corrected chi connectivity index (χ4v) is 0.950. The van der Waals surface area contributed by atoms with E-state index in [2.05, 4.69) is 0 Å². The molecule has 0 rings (SSSR count). The highest BCUT2D eigenvalue weighted by molar-refractivity contribution is 5.92. The van der Waals surface area contributed by atoms with Gasteiger partial charge in [0.05, 0.1) is 0 Å². The van der Waals surface area contributed by atoms with Crippen molar-refractivity contribution in [2.75, 3.05) is 0 Å². The summed E-state index contributed by atoms with van der Waals surface area (Å²) in [5.41, 5.74) is 11.9. The van der Waals surface area contributed by atoms with Crippen molar-refractivity contribution in [3.8, 4) is 0 Å². The third-order valence-corrected chi connectivity index (χ3v) is 1.78. The van der Waals surface area contributed by atoms with Gasteiger partial charge in [-0.2, -0.15) is 0 Å². The van der Waals surface area contributed by atoms with Crippen molar-refractivity contribution in [3.63, 3.8) is 0 Å². The Kier molecular flexibility index (Phi) is 3.31. The zero-order valence-corrected chi connectivity index (χ0v) is 8.27. The normalized spacial score (nSPS) is 14.0. The lowest BCUT2D eigenvalue weighted by atomic mass is 9.88. The van der Waals surface area contributed by atoms with Gasteiger partial charge in [-0.3, -0.25) is 4.79 Å². The van der Waals surface area contributed by atoms with E-state index in [1.165, 1.54) is 0 Å². The van der Waals surface area contributed by atoms with E-state index in [-0.39, 0.29) is 5.41 Å². The predicted molar refractivity (Wildman–Crippen MR) is 50.2 cm³/mol. The fourth-order valence-electron chi connectivity index (χ4n) is 0.950. The summed E-state index contributed by atoms with van der Waals surface area (Å²) in [6, 6.07) is 0. The number of rotatable bonds is 2. The molecule has 0 saturated carbocycles. The van der Waals surface area contributed by atoms with Gasteiger partial charge in [-0.25, -0.2) is 0 Å². The quantitative estimate of drug-likeness (QED) is 0.610. The molecule has 0 atom stereocenters. The Morgan fingerprint density at radius 1 is 1.25 bits per heavy atom. The SMILES string of the molecule is CCC(C(N)=O)=C(N)C(C)(C)C. The van der Waals surface area contributed by atoms with Gasteiger partial charge in [0, 0.05) is 16.7 Å². The number of hydrogen-bond donors (Lipinski definition) is 2. The molecule has 0 aromatic carbocycles. The van der Waals surface area contributed by atoms with Crippen LogP contribution in [0.25, 0.3) is 0 Å². The molecule has 0 saturated heterocycles. The summed E-state index contributed by atoms with van der Waals surface area (Å²) in [5, 5.41) is 0. The zero-order chi connectivity index (χ0) is 9.94. The molecular weight excluding hydrogens is 152 g/mol. The van der Waals surface area contributed by atoms with Crippen LogP contribution < -0.4 is 11.5 Å². The lowest BCUT2D eigenvalue weighted by molar-refractivity contribution is -0.114. The fraction of sp³-hybridized carbons (Fsp3) is 0.667. The molecule has 0 spiro atoms. The number of hydrogen-bond acceptors (Lipinski definition) is 2. The number of primary amides is 1. The Morgan fingerprint density at radius 3 is 1.75 bits per heavy atom. The van der Waals surface area contributed by atoms with Crippen molar-refractivity contribution in [1.29, 1.82) is 0 Å². The molecule has 0 aliphatic carbocycles. The maximum absolute atomic E-state index is 10.9. The third kappa shape index (κ3) is 2.57. The molecule has 1 amide bonds. The van der Waals surface area contributed by atoms with E-state index in [1.807, 2.05) is 27.7 Å². The minimum atomic E-state index is -0.412. The Labute approximate surface area is 73.8 Å². The van der Waals surface area contributed by atoms with Crippen molar-refractivity contribution in [1.82, 2.24) is 0 Å². The van der Waals surface area contributed by atoms with E-state index in [4.69, 9.17) is 11.5 Å². The van der Waals surface area contributed by atoms with Crippen LogP contribution in [0.4, 0.5) is 0 Å². The maximum atomic E-state index is 10.9. The van der Waals surface area contributed by atoms with Crippen LogP contribution in [0, 0.1) is 5.41 Å². The molecule has 3 nitrogen and oxygen atoms in total. The molecule has 0 aliphatic heterocycles. The van der Waals surface area contributed by atoms with E-state index >= 15 is 0 Å². The highest BCUT2D eigenvalue weighted by Crippen LogP contribution is 2.24.